The van der Waals surface area contributed by atoms with Crippen molar-refractivity contribution >= 4 is 28.9 Å². The largest absolute Gasteiger partial charge is 0.395 e. The molecular weight excluding hydrogens is 527 g/mol. The van der Waals surface area contributed by atoms with Gasteiger partial charge in [-0.3, -0.25) is 14.3 Å². The number of aliphatic hydroxyl groups is 2. The standard InChI is InChI=1S/C26H25Cl2F2N3O4/c27-21-2-1-3-22(28)26(21)33-13-16(4-7-24(33)36)25(20-6-5-17(29)12-23(20)30)31-37-19-8-10-32(11-9-19)18(14-34)15-35/h1-7,12-13,18-19,34-35H,8-11,14-15H2. The molecule has 0 unspecified atom stereocenters. The molecule has 0 spiro atoms. The first-order valence-electron chi connectivity index (χ1n) is 11.6. The van der Waals surface area contributed by atoms with E-state index < -0.39 is 17.2 Å². The van der Waals surface area contributed by atoms with Gasteiger partial charge in [0.25, 0.3) is 5.56 Å². The zero-order chi connectivity index (χ0) is 26.5. The fourth-order valence-corrected chi connectivity index (χ4v) is 4.80. The van der Waals surface area contributed by atoms with Gasteiger partial charge >= 0.3 is 0 Å². The summed E-state index contributed by atoms with van der Waals surface area (Å²) in [6.45, 7) is 0.836. The molecule has 0 radical (unpaired) electrons. The highest BCUT2D eigenvalue weighted by molar-refractivity contribution is 6.37. The minimum Gasteiger partial charge on any atom is -0.395 e. The Morgan fingerprint density at radius 1 is 1.05 bits per heavy atom. The maximum absolute atomic E-state index is 14.9. The quantitative estimate of drug-likeness (QED) is 0.326. The van der Waals surface area contributed by atoms with Crippen LogP contribution in [0.15, 0.2) is 64.7 Å². The predicted octanol–water partition coefficient (Wildman–Crippen LogP) is 4.01. The fraction of sp³-hybridized carbons (Fsp3) is 0.308. The predicted molar refractivity (Wildman–Crippen MR) is 138 cm³/mol. The number of nitrogens with zero attached hydrogens (tertiary/aromatic N) is 3. The van der Waals surface area contributed by atoms with E-state index in [2.05, 4.69) is 5.16 Å². The molecule has 1 aliphatic heterocycles. The molecule has 2 N–H and O–H groups in total. The lowest BCUT2D eigenvalue weighted by atomic mass is 10.0. The van der Waals surface area contributed by atoms with Crippen LogP contribution in [0.25, 0.3) is 5.69 Å². The van der Waals surface area contributed by atoms with E-state index in [1.807, 2.05) is 4.90 Å². The molecule has 0 atom stereocenters. The van der Waals surface area contributed by atoms with E-state index in [0.29, 0.717) is 31.5 Å². The number of benzene rings is 2. The highest BCUT2D eigenvalue weighted by Crippen LogP contribution is 2.28. The molecule has 11 heteroatoms. The number of para-hydroxylation sites is 1. The molecule has 1 aliphatic rings. The van der Waals surface area contributed by atoms with Crippen LogP contribution in [-0.4, -0.2) is 63.8 Å². The van der Waals surface area contributed by atoms with E-state index in [0.717, 1.165) is 12.1 Å². The zero-order valence-electron chi connectivity index (χ0n) is 19.7. The van der Waals surface area contributed by atoms with Gasteiger partial charge in [0.05, 0.1) is 35.0 Å². The number of pyridine rings is 1. The fourth-order valence-electron chi connectivity index (χ4n) is 4.22. The SMILES string of the molecule is O=c1ccc(C(=NOC2CCN(C(CO)CO)CC2)c2ccc(F)cc2F)cn1-c1c(Cl)cccc1Cl. The second kappa shape index (κ2) is 12.1. The summed E-state index contributed by atoms with van der Waals surface area (Å²) in [5.41, 5.74) is 0.190. The first-order valence-corrected chi connectivity index (χ1v) is 12.4. The summed E-state index contributed by atoms with van der Waals surface area (Å²) in [6.07, 6.45) is 2.24. The van der Waals surface area contributed by atoms with Crippen molar-refractivity contribution in [1.29, 1.82) is 0 Å². The number of likely N-dealkylation sites (tertiary alicyclic amines) is 1. The normalized spacial score (nSPS) is 15.4. The van der Waals surface area contributed by atoms with Crippen LogP contribution in [0.1, 0.15) is 24.0 Å². The smallest absolute Gasteiger partial charge is 0.255 e. The molecule has 0 bridgehead atoms. The van der Waals surface area contributed by atoms with Crippen molar-refractivity contribution in [1.82, 2.24) is 9.47 Å². The highest BCUT2D eigenvalue weighted by Gasteiger charge is 2.26. The molecule has 2 aromatic carbocycles. The van der Waals surface area contributed by atoms with Crippen molar-refractivity contribution in [3.05, 3.63) is 97.9 Å². The van der Waals surface area contributed by atoms with Crippen molar-refractivity contribution in [2.45, 2.75) is 25.0 Å². The topological polar surface area (TPSA) is 87.3 Å². The van der Waals surface area contributed by atoms with Crippen molar-refractivity contribution in [2.75, 3.05) is 26.3 Å². The maximum atomic E-state index is 14.9. The summed E-state index contributed by atoms with van der Waals surface area (Å²) in [5, 5.41) is 23.6. The van der Waals surface area contributed by atoms with Crippen molar-refractivity contribution in [3.8, 4) is 5.69 Å². The van der Waals surface area contributed by atoms with Gasteiger partial charge in [0.15, 0.2) is 0 Å². The average Bonchev–Trinajstić information content (AvgIpc) is 2.88. The first kappa shape index (κ1) is 27.2. The number of hydrogen-bond donors (Lipinski definition) is 2. The Morgan fingerprint density at radius 2 is 1.73 bits per heavy atom. The number of aromatic nitrogens is 1. The second-order valence-electron chi connectivity index (χ2n) is 8.62. The van der Waals surface area contributed by atoms with E-state index in [9.17, 15) is 23.8 Å². The number of aliphatic hydroxyl groups excluding tert-OH is 2. The van der Waals surface area contributed by atoms with Crippen LogP contribution in [0.5, 0.6) is 0 Å². The summed E-state index contributed by atoms with van der Waals surface area (Å²) < 4.78 is 29.7. The molecule has 196 valence electrons. The lowest BCUT2D eigenvalue weighted by Crippen LogP contribution is -2.46. The van der Waals surface area contributed by atoms with Gasteiger partial charge in [-0.2, -0.15) is 0 Å². The summed E-state index contributed by atoms with van der Waals surface area (Å²) in [5.74, 6) is -1.59. The van der Waals surface area contributed by atoms with Gasteiger partial charge < -0.3 is 15.1 Å². The summed E-state index contributed by atoms with van der Waals surface area (Å²) in [7, 11) is 0. The van der Waals surface area contributed by atoms with E-state index in [-0.39, 0.29) is 52.4 Å². The van der Waals surface area contributed by atoms with Gasteiger partial charge in [-0.15, -0.1) is 0 Å². The second-order valence-corrected chi connectivity index (χ2v) is 9.43. The van der Waals surface area contributed by atoms with Crippen LogP contribution in [0.2, 0.25) is 10.0 Å². The van der Waals surface area contributed by atoms with Crippen LogP contribution >= 0.6 is 23.2 Å². The highest BCUT2D eigenvalue weighted by atomic mass is 35.5. The van der Waals surface area contributed by atoms with E-state index >= 15 is 0 Å². The number of hydrogen-bond acceptors (Lipinski definition) is 6. The monoisotopic (exact) mass is 551 g/mol. The lowest BCUT2D eigenvalue weighted by molar-refractivity contribution is -0.0153. The molecule has 0 saturated carbocycles. The van der Waals surface area contributed by atoms with Crippen molar-refractivity contribution < 1.29 is 23.8 Å². The van der Waals surface area contributed by atoms with Crippen LogP contribution in [0, 0.1) is 11.6 Å². The molecule has 7 nitrogen and oxygen atoms in total. The minimum atomic E-state index is -0.848. The number of rotatable bonds is 8. The van der Waals surface area contributed by atoms with Crippen molar-refractivity contribution in [3.63, 3.8) is 0 Å². The zero-order valence-corrected chi connectivity index (χ0v) is 21.2. The average molecular weight is 552 g/mol. The Bertz CT molecular complexity index is 1320. The molecule has 0 amide bonds. The molecule has 2 heterocycles. The van der Waals surface area contributed by atoms with E-state index in [4.69, 9.17) is 28.0 Å². The van der Waals surface area contributed by atoms with Gasteiger partial charge in [0.1, 0.15) is 23.5 Å². The van der Waals surface area contributed by atoms with Crippen LogP contribution in [-0.2, 0) is 4.84 Å². The van der Waals surface area contributed by atoms with E-state index in [1.54, 1.807) is 18.2 Å². The summed E-state index contributed by atoms with van der Waals surface area (Å²) >= 11 is 12.6. The lowest BCUT2D eigenvalue weighted by Gasteiger charge is -2.35. The Kier molecular flexibility index (Phi) is 8.94. The third-order valence-corrected chi connectivity index (χ3v) is 6.87. The number of halogens is 4. The third kappa shape index (κ3) is 6.19. The number of oxime groups is 1. The third-order valence-electron chi connectivity index (χ3n) is 6.26. The Labute approximate surface area is 222 Å². The molecular formula is C26H25Cl2F2N3O4. The Balaban J connectivity index is 1.70. The molecule has 1 saturated heterocycles. The first-order chi connectivity index (χ1) is 17.8. The van der Waals surface area contributed by atoms with Gasteiger partial charge in [-0.25, -0.2) is 8.78 Å². The molecule has 1 fully saturated rings. The molecule has 3 aromatic rings. The van der Waals surface area contributed by atoms with E-state index in [1.165, 1.54) is 29.0 Å². The van der Waals surface area contributed by atoms with Gasteiger partial charge in [0, 0.05) is 42.5 Å². The number of piperidine rings is 1. The Hall–Kier alpha value is -2.82. The van der Waals surface area contributed by atoms with Crippen molar-refractivity contribution in [2.24, 2.45) is 5.16 Å². The molecule has 1 aromatic heterocycles. The summed E-state index contributed by atoms with van der Waals surface area (Å²) in [4.78, 5) is 20.5. The molecule has 4 rings (SSSR count). The van der Waals surface area contributed by atoms with Gasteiger partial charge in [-0.1, -0.05) is 34.4 Å². The van der Waals surface area contributed by atoms with Gasteiger partial charge in [-0.05, 0) is 43.2 Å². The molecule has 0 aliphatic carbocycles. The maximum Gasteiger partial charge on any atom is 0.255 e. The van der Waals surface area contributed by atoms with Crippen LogP contribution < -0.4 is 5.56 Å². The summed E-state index contributed by atoms with van der Waals surface area (Å²) in [6, 6.07) is 10.3. The minimum absolute atomic E-state index is 0.0186. The van der Waals surface area contributed by atoms with Gasteiger partial charge in [0.2, 0.25) is 0 Å². The van der Waals surface area contributed by atoms with Crippen LogP contribution in [0.3, 0.4) is 0 Å². The molecule has 37 heavy (non-hydrogen) atoms. The van der Waals surface area contributed by atoms with Crippen LogP contribution in [0.4, 0.5) is 8.78 Å². The Morgan fingerprint density at radius 3 is 2.35 bits per heavy atom.